The van der Waals surface area contributed by atoms with E-state index in [2.05, 4.69) is 13.8 Å². The first kappa shape index (κ1) is 9.20. The van der Waals surface area contributed by atoms with E-state index in [1.807, 2.05) is 0 Å². The summed E-state index contributed by atoms with van der Waals surface area (Å²) in [7, 11) is 1.70. The lowest BCUT2D eigenvalue weighted by molar-refractivity contribution is -0.138. The van der Waals surface area contributed by atoms with E-state index < -0.39 is 0 Å². The van der Waals surface area contributed by atoms with Crippen molar-refractivity contribution >= 4 is 5.78 Å². The zero-order valence-electron chi connectivity index (χ0n) is 8.72. The van der Waals surface area contributed by atoms with Crippen LogP contribution >= 0.6 is 0 Å². The Morgan fingerprint density at radius 2 is 2.23 bits per heavy atom. The van der Waals surface area contributed by atoms with Gasteiger partial charge in [0.2, 0.25) is 0 Å². The third kappa shape index (κ3) is 1.01. The first-order valence-corrected chi connectivity index (χ1v) is 5.07. The van der Waals surface area contributed by atoms with E-state index >= 15 is 0 Å². The average Bonchev–Trinajstić information content (AvgIpc) is 2.55. The van der Waals surface area contributed by atoms with Crippen LogP contribution in [-0.2, 0) is 9.53 Å². The van der Waals surface area contributed by atoms with Crippen molar-refractivity contribution in [1.29, 1.82) is 0 Å². The molecule has 2 bridgehead atoms. The number of carbonyl (C=O) groups excluding carboxylic acids is 1. The molecule has 0 amide bonds. The van der Waals surface area contributed by atoms with Crippen molar-refractivity contribution < 1.29 is 9.53 Å². The van der Waals surface area contributed by atoms with Crippen LogP contribution in [0, 0.1) is 16.7 Å². The quantitative estimate of drug-likeness (QED) is 0.653. The zero-order valence-corrected chi connectivity index (χ0v) is 8.72. The number of hydrogen-bond donors (Lipinski definition) is 0. The normalized spacial score (nSPS) is 41.5. The van der Waals surface area contributed by atoms with Gasteiger partial charge in [-0.05, 0) is 25.2 Å². The molecule has 0 radical (unpaired) electrons. The van der Waals surface area contributed by atoms with Crippen LogP contribution in [0.3, 0.4) is 0 Å². The predicted octanol–water partition coefficient (Wildman–Crippen LogP) is 2.03. The van der Waals surface area contributed by atoms with E-state index in [0.717, 1.165) is 12.8 Å². The Hall–Kier alpha value is -0.370. The monoisotopic (exact) mass is 182 g/mol. The lowest BCUT2D eigenvalue weighted by Crippen LogP contribution is -2.39. The first-order valence-electron chi connectivity index (χ1n) is 5.07. The molecule has 0 aliphatic heterocycles. The lowest BCUT2D eigenvalue weighted by atomic mass is 9.71. The van der Waals surface area contributed by atoms with Gasteiger partial charge in [-0.15, -0.1) is 0 Å². The molecule has 13 heavy (non-hydrogen) atoms. The number of carbonyl (C=O) groups is 1. The van der Waals surface area contributed by atoms with Gasteiger partial charge in [0, 0.05) is 12.5 Å². The average molecular weight is 182 g/mol. The van der Waals surface area contributed by atoms with Crippen molar-refractivity contribution in [3.05, 3.63) is 0 Å². The summed E-state index contributed by atoms with van der Waals surface area (Å²) in [5, 5.41) is 0. The van der Waals surface area contributed by atoms with E-state index in [1.54, 1.807) is 7.11 Å². The van der Waals surface area contributed by atoms with Crippen molar-refractivity contribution in [2.45, 2.75) is 33.1 Å². The fourth-order valence-corrected chi connectivity index (χ4v) is 3.29. The number of Topliss-reactive ketones (excluding diaryl/α,β-unsaturated/α-hetero) is 1. The van der Waals surface area contributed by atoms with Gasteiger partial charge in [-0.1, -0.05) is 13.8 Å². The molecule has 0 saturated heterocycles. The van der Waals surface area contributed by atoms with Crippen LogP contribution in [-0.4, -0.2) is 19.5 Å². The van der Waals surface area contributed by atoms with Crippen LogP contribution in [0.1, 0.15) is 33.1 Å². The van der Waals surface area contributed by atoms with Crippen molar-refractivity contribution in [1.82, 2.24) is 0 Å². The maximum absolute atomic E-state index is 12.1. The van der Waals surface area contributed by atoms with Gasteiger partial charge < -0.3 is 4.74 Å². The van der Waals surface area contributed by atoms with Gasteiger partial charge in [0.05, 0.1) is 12.0 Å². The molecule has 2 fully saturated rings. The third-order valence-electron chi connectivity index (χ3n) is 4.12. The predicted molar refractivity (Wildman–Crippen MR) is 50.4 cm³/mol. The van der Waals surface area contributed by atoms with E-state index in [4.69, 9.17) is 4.74 Å². The molecular weight excluding hydrogens is 164 g/mol. The van der Waals surface area contributed by atoms with Gasteiger partial charge in [0.1, 0.15) is 5.78 Å². The molecule has 2 aliphatic carbocycles. The van der Waals surface area contributed by atoms with Crippen molar-refractivity contribution in [2.75, 3.05) is 13.7 Å². The van der Waals surface area contributed by atoms with Gasteiger partial charge in [-0.2, -0.15) is 0 Å². The van der Waals surface area contributed by atoms with Crippen molar-refractivity contribution in [3.63, 3.8) is 0 Å². The van der Waals surface area contributed by atoms with Crippen LogP contribution < -0.4 is 0 Å². The molecule has 0 spiro atoms. The maximum atomic E-state index is 12.1. The maximum Gasteiger partial charge on any atom is 0.147 e. The van der Waals surface area contributed by atoms with Crippen LogP contribution in [0.25, 0.3) is 0 Å². The summed E-state index contributed by atoms with van der Waals surface area (Å²) in [6.07, 6.45) is 3.32. The third-order valence-corrected chi connectivity index (χ3v) is 4.12. The highest BCUT2D eigenvalue weighted by molar-refractivity contribution is 5.93. The Morgan fingerprint density at radius 1 is 1.54 bits per heavy atom. The molecule has 0 N–H and O–H groups in total. The van der Waals surface area contributed by atoms with E-state index in [-0.39, 0.29) is 10.8 Å². The molecule has 2 nitrogen and oxygen atoms in total. The highest BCUT2D eigenvalue weighted by Crippen LogP contribution is 2.59. The smallest absolute Gasteiger partial charge is 0.147 e. The van der Waals surface area contributed by atoms with Gasteiger partial charge in [-0.25, -0.2) is 0 Å². The molecular formula is C11H18O2. The zero-order chi connectivity index (χ0) is 9.69. The minimum atomic E-state index is -0.108. The highest BCUT2D eigenvalue weighted by atomic mass is 16.5. The molecule has 0 heterocycles. The molecule has 2 atom stereocenters. The largest absolute Gasteiger partial charge is 0.384 e. The number of ether oxygens (including phenoxy) is 1. The Balaban J connectivity index is 2.29. The number of methoxy groups -OCH3 is 1. The lowest BCUT2D eigenvalue weighted by Gasteiger charge is -2.32. The second-order valence-corrected chi connectivity index (χ2v) is 5.20. The van der Waals surface area contributed by atoms with Crippen LogP contribution in [0.5, 0.6) is 0 Å². The number of hydrogen-bond acceptors (Lipinski definition) is 2. The van der Waals surface area contributed by atoms with Gasteiger partial charge in [0.15, 0.2) is 0 Å². The van der Waals surface area contributed by atoms with Crippen molar-refractivity contribution in [2.24, 2.45) is 16.7 Å². The number of rotatable bonds is 2. The van der Waals surface area contributed by atoms with Crippen LogP contribution in [0.2, 0.25) is 0 Å². The molecule has 2 unspecified atom stereocenters. The number of ketones is 1. The van der Waals surface area contributed by atoms with Gasteiger partial charge >= 0.3 is 0 Å². The molecule has 0 aromatic heterocycles. The molecule has 2 heteroatoms. The summed E-state index contributed by atoms with van der Waals surface area (Å²) in [4.78, 5) is 12.1. The van der Waals surface area contributed by atoms with E-state index in [1.165, 1.54) is 6.42 Å². The second-order valence-electron chi connectivity index (χ2n) is 5.20. The summed E-state index contributed by atoms with van der Waals surface area (Å²) in [5.41, 5.74) is -0.195. The number of fused-ring (bicyclic) bond motifs is 2. The summed E-state index contributed by atoms with van der Waals surface area (Å²) < 4.78 is 5.19. The van der Waals surface area contributed by atoms with E-state index in [9.17, 15) is 4.79 Å². The van der Waals surface area contributed by atoms with Gasteiger partial charge in [0.25, 0.3) is 0 Å². The SMILES string of the molecule is COCC12CCC(C1)C(C)(C)C2=O. The standard InChI is InChI=1S/C11H18O2/c1-10(2)8-4-5-11(6-8,7-13-3)9(10)12/h8H,4-7H2,1-3H3. The summed E-state index contributed by atoms with van der Waals surface area (Å²) in [6.45, 7) is 4.82. The fourth-order valence-electron chi connectivity index (χ4n) is 3.29. The molecule has 74 valence electrons. The molecule has 2 rings (SSSR count). The molecule has 2 aliphatic rings. The Labute approximate surface area is 79.7 Å². The first-order chi connectivity index (χ1) is 6.03. The topological polar surface area (TPSA) is 26.3 Å². The Kier molecular flexibility index (Phi) is 1.82. The van der Waals surface area contributed by atoms with E-state index in [0.29, 0.717) is 18.3 Å². The highest BCUT2D eigenvalue weighted by Gasteiger charge is 2.61. The Morgan fingerprint density at radius 3 is 2.69 bits per heavy atom. The second kappa shape index (κ2) is 2.57. The van der Waals surface area contributed by atoms with Crippen LogP contribution in [0.4, 0.5) is 0 Å². The molecule has 0 aromatic rings. The molecule has 0 aromatic carbocycles. The fraction of sp³-hybridized carbons (Fsp3) is 0.909. The van der Waals surface area contributed by atoms with Crippen molar-refractivity contribution in [3.8, 4) is 0 Å². The molecule has 2 saturated carbocycles. The summed E-state index contributed by atoms with van der Waals surface area (Å²) in [6, 6.07) is 0. The minimum Gasteiger partial charge on any atom is -0.384 e. The minimum absolute atomic E-state index is 0.0865. The summed E-state index contributed by atoms with van der Waals surface area (Å²) >= 11 is 0. The Bertz CT molecular complexity index is 244. The summed E-state index contributed by atoms with van der Waals surface area (Å²) in [5.74, 6) is 1.05. The van der Waals surface area contributed by atoms with Gasteiger partial charge in [-0.3, -0.25) is 4.79 Å². The van der Waals surface area contributed by atoms with Crippen LogP contribution in [0.15, 0.2) is 0 Å².